The minimum atomic E-state index is -0.620. The van der Waals surface area contributed by atoms with Crippen LogP contribution in [-0.4, -0.2) is 37.4 Å². The summed E-state index contributed by atoms with van der Waals surface area (Å²) in [6.45, 7) is 1.48. The molecule has 1 aliphatic carbocycles. The van der Waals surface area contributed by atoms with E-state index in [9.17, 15) is 9.50 Å². The maximum Gasteiger partial charge on any atom is 0.166 e. The van der Waals surface area contributed by atoms with Crippen LogP contribution < -0.4 is 5.73 Å². The molecule has 0 aromatic carbocycles. The molecule has 3 N–H and O–H groups in total. The number of nitrogens with two attached hydrogens (primary N) is 1. The van der Waals surface area contributed by atoms with E-state index in [0.29, 0.717) is 23.4 Å². The van der Waals surface area contributed by atoms with Crippen molar-refractivity contribution in [2.45, 2.75) is 25.5 Å². The van der Waals surface area contributed by atoms with Crippen molar-refractivity contribution < 1.29 is 9.50 Å². The average Bonchev–Trinajstić information content (AvgIpc) is 2.97. The topological polar surface area (TPSA) is 89.9 Å². The molecule has 0 saturated carbocycles. The number of alkyl halides is 1. The molecule has 0 spiro atoms. The van der Waals surface area contributed by atoms with Gasteiger partial charge in [-0.3, -0.25) is 4.39 Å². The maximum atomic E-state index is 12.5. The van der Waals surface area contributed by atoms with Gasteiger partial charge in [-0.05, 0) is 6.42 Å². The maximum absolute atomic E-state index is 12.5. The molecule has 2 heterocycles. The lowest BCUT2D eigenvalue weighted by molar-refractivity contribution is 0.109. The van der Waals surface area contributed by atoms with Gasteiger partial charge < -0.3 is 15.4 Å². The lowest BCUT2D eigenvalue weighted by atomic mass is 9.99. The van der Waals surface area contributed by atoms with E-state index < -0.39 is 12.8 Å². The summed E-state index contributed by atoms with van der Waals surface area (Å²) >= 11 is 0. The van der Waals surface area contributed by atoms with Gasteiger partial charge in [0.05, 0.1) is 25.1 Å². The zero-order chi connectivity index (χ0) is 14.3. The third-order valence-electron chi connectivity index (χ3n) is 3.92. The zero-order valence-corrected chi connectivity index (χ0v) is 11.1. The van der Waals surface area contributed by atoms with Crippen LogP contribution in [0.3, 0.4) is 0 Å². The molecular weight excluding hydrogens is 261 g/mol. The number of aromatic nitrogens is 4. The number of nitrogens with zero attached hydrogens (tertiary/aromatic N) is 4. The third kappa shape index (κ3) is 1.85. The quantitative estimate of drug-likeness (QED) is 0.824. The summed E-state index contributed by atoms with van der Waals surface area (Å²) in [5, 5.41) is 10.4. The van der Waals surface area contributed by atoms with Gasteiger partial charge in [0.2, 0.25) is 0 Å². The van der Waals surface area contributed by atoms with Gasteiger partial charge >= 0.3 is 0 Å². The lowest BCUT2D eigenvalue weighted by Crippen LogP contribution is -2.24. The predicted molar refractivity (Wildman–Crippen MR) is 72.6 cm³/mol. The van der Waals surface area contributed by atoms with Gasteiger partial charge in [0, 0.05) is 5.92 Å². The number of halogens is 1. The second-order valence-corrected chi connectivity index (χ2v) is 5.03. The van der Waals surface area contributed by atoms with Crippen LogP contribution in [0.15, 0.2) is 24.3 Å². The molecule has 1 aliphatic rings. The minimum absolute atomic E-state index is 0.0765. The molecule has 106 valence electrons. The first-order valence-corrected chi connectivity index (χ1v) is 6.51. The van der Waals surface area contributed by atoms with Crippen molar-refractivity contribution in [1.29, 1.82) is 0 Å². The van der Waals surface area contributed by atoms with E-state index >= 15 is 0 Å². The van der Waals surface area contributed by atoms with Gasteiger partial charge in [0.1, 0.15) is 11.8 Å². The molecule has 0 aliphatic heterocycles. The molecule has 7 heteroatoms. The molecule has 2 aromatic heterocycles. The molecule has 3 atom stereocenters. The van der Waals surface area contributed by atoms with E-state index in [2.05, 4.69) is 15.0 Å². The van der Waals surface area contributed by atoms with Gasteiger partial charge in [-0.2, -0.15) is 0 Å². The van der Waals surface area contributed by atoms with Crippen molar-refractivity contribution >= 4 is 17.0 Å². The number of anilines is 1. The van der Waals surface area contributed by atoms with E-state index in [1.807, 2.05) is 13.0 Å². The number of hydrogen-bond acceptors (Lipinski definition) is 5. The molecule has 0 saturated heterocycles. The predicted octanol–water partition coefficient (Wildman–Crippen LogP) is 1.25. The minimum Gasteiger partial charge on any atom is -0.390 e. The fraction of sp³-hybridized carbons (Fsp3) is 0.462. The van der Waals surface area contributed by atoms with Gasteiger partial charge in [-0.25, -0.2) is 15.0 Å². The monoisotopic (exact) mass is 277 g/mol. The van der Waals surface area contributed by atoms with E-state index in [1.165, 1.54) is 6.33 Å². The van der Waals surface area contributed by atoms with Crippen LogP contribution in [-0.2, 0) is 0 Å². The largest absolute Gasteiger partial charge is 0.390 e. The molecule has 0 amide bonds. The Balaban J connectivity index is 2.05. The molecule has 0 radical (unpaired) electrons. The number of rotatable bonds is 3. The molecular formula is C13H16FN5O. The Kier molecular flexibility index (Phi) is 3.13. The summed E-state index contributed by atoms with van der Waals surface area (Å²) in [4.78, 5) is 12.3. The number of aliphatic hydroxyl groups excluding tert-OH is 1. The Bertz CT molecular complexity index is 668. The van der Waals surface area contributed by atoms with Gasteiger partial charge in [-0.15, -0.1) is 0 Å². The summed E-state index contributed by atoms with van der Waals surface area (Å²) in [5.41, 5.74) is 7.76. The molecule has 20 heavy (non-hydrogen) atoms. The Morgan fingerprint density at radius 1 is 1.40 bits per heavy atom. The number of aliphatic hydroxyl groups is 1. The Morgan fingerprint density at radius 3 is 2.95 bits per heavy atom. The smallest absolute Gasteiger partial charge is 0.166 e. The van der Waals surface area contributed by atoms with Crippen LogP contribution in [0.2, 0.25) is 0 Å². The number of fused-ring (bicyclic) bond motifs is 1. The van der Waals surface area contributed by atoms with Gasteiger partial charge in [0.25, 0.3) is 0 Å². The normalized spacial score (nSPS) is 26.1. The van der Waals surface area contributed by atoms with Crippen molar-refractivity contribution in [3.63, 3.8) is 0 Å². The summed E-state index contributed by atoms with van der Waals surface area (Å²) in [6.07, 6.45) is 4.58. The third-order valence-corrected chi connectivity index (χ3v) is 3.92. The van der Waals surface area contributed by atoms with Crippen LogP contribution in [0.25, 0.3) is 11.2 Å². The first-order chi connectivity index (χ1) is 9.63. The average molecular weight is 277 g/mol. The van der Waals surface area contributed by atoms with Crippen molar-refractivity contribution in [3.8, 4) is 0 Å². The molecule has 0 bridgehead atoms. The summed E-state index contributed by atoms with van der Waals surface area (Å²) < 4.78 is 14.3. The van der Waals surface area contributed by atoms with Crippen LogP contribution in [0.5, 0.6) is 0 Å². The summed E-state index contributed by atoms with van der Waals surface area (Å²) in [5.74, 6) is 0.231. The Labute approximate surface area is 115 Å². The SMILES string of the molecule is CC1C(CCF)=CC(n2cnc3c(N)ncnc32)C1O. The highest BCUT2D eigenvalue weighted by Crippen LogP contribution is 2.36. The standard InChI is InChI=1S/C13H16FN5O/c1-7-8(2-3-14)4-9(11(7)20)19-6-18-10-12(15)16-5-17-13(10)19/h4-7,9,11,20H,2-3H2,1H3,(H2,15,16,17). The summed E-state index contributed by atoms with van der Waals surface area (Å²) in [7, 11) is 0. The number of nitrogen functional groups attached to an aromatic ring is 1. The van der Waals surface area contributed by atoms with E-state index in [1.54, 1.807) is 10.9 Å². The van der Waals surface area contributed by atoms with Gasteiger partial charge in [0.15, 0.2) is 11.5 Å². The van der Waals surface area contributed by atoms with Crippen LogP contribution in [0.4, 0.5) is 10.2 Å². The zero-order valence-electron chi connectivity index (χ0n) is 11.1. The van der Waals surface area contributed by atoms with Crippen LogP contribution in [0, 0.1) is 5.92 Å². The van der Waals surface area contributed by atoms with E-state index in [0.717, 1.165) is 5.57 Å². The second kappa shape index (κ2) is 4.82. The van der Waals surface area contributed by atoms with Gasteiger partial charge in [-0.1, -0.05) is 18.6 Å². The fourth-order valence-electron chi connectivity index (χ4n) is 2.74. The highest BCUT2D eigenvalue weighted by atomic mass is 19.1. The molecule has 2 aromatic rings. The van der Waals surface area contributed by atoms with Crippen LogP contribution >= 0.6 is 0 Å². The highest BCUT2D eigenvalue weighted by molar-refractivity contribution is 5.81. The van der Waals surface area contributed by atoms with E-state index in [-0.39, 0.29) is 12.0 Å². The first kappa shape index (κ1) is 13.0. The van der Waals surface area contributed by atoms with Crippen molar-refractivity contribution in [2.75, 3.05) is 12.4 Å². The Hall–Kier alpha value is -2.02. The first-order valence-electron chi connectivity index (χ1n) is 6.51. The molecule has 3 unspecified atom stereocenters. The van der Waals surface area contributed by atoms with Crippen molar-refractivity contribution in [1.82, 2.24) is 19.5 Å². The highest BCUT2D eigenvalue weighted by Gasteiger charge is 2.34. The number of hydrogen-bond donors (Lipinski definition) is 2. The van der Waals surface area contributed by atoms with E-state index in [4.69, 9.17) is 5.73 Å². The molecule has 6 nitrogen and oxygen atoms in total. The Morgan fingerprint density at radius 2 is 2.20 bits per heavy atom. The second-order valence-electron chi connectivity index (χ2n) is 5.03. The van der Waals surface area contributed by atoms with Crippen molar-refractivity contribution in [3.05, 3.63) is 24.3 Å². The number of imidazole rings is 1. The molecule has 0 fully saturated rings. The lowest BCUT2D eigenvalue weighted by Gasteiger charge is -2.19. The fourth-order valence-corrected chi connectivity index (χ4v) is 2.74. The summed E-state index contributed by atoms with van der Waals surface area (Å²) in [6, 6.07) is -0.300. The van der Waals surface area contributed by atoms with Crippen LogP contribution in [0.1, 0.15) is 19.4 Å². The molecule has 3 rings (SSSR count). The van der Waals surface area contributed by atoms with Crippen molar-refractivity contribution in [2.24, 2.45) is 5.92 Å².